The number of pyridine rings is 1. The second-order valence-electron chi connectivity index (χ2n) is 3.97. The molecule has 0 spiro atoms. The number of carboxylic acids is 1. The maximum Gasteiger partial charge on any atom is 0.335 e. The molecule has 0 saturated carbocycles. The molecule has 0 saturated heterocycles. The molecule has 1 heterocycles. The van der Waals surface area contributed by atoms with E-state index >= 15 is 0 Å². The van der Waals surface area contributed by atoms with Crippen molar-refractivity contribution in [2.75, 3.05) is 0 Å². The van der Waals surface area contributed by atoms with E-state index in [1.54, 1.807) is 18.3 Å². The second kappa shape index (κ2) is 5.93. The van der Waals surface area contributed by atoms with E-state index in [9.17, 15) is 4.79 Å². The zero-order valence-electron chi connectivity index (χ0n) is 9.84. The molecule has 18 heavy (non-hydrogen) atoms. The van der Waals surface area contributed by atoms with Crippen LogP contribution in [0.25, 0.3) is 0 Å². The highest BCUT2D eigenvalue weighted by molar-refractivity contribution is 5.87. The lowest BCUT2D eigenvalue weighted by Crippen LogP contribution is -2.12. The number of aromatic carboxylic acids is 1. The molecule has 0 bridgehead atoms. The van der Waals surface area contributed by atoms with Crippen LogP contribution >= 0.6 is 0 Å². The summed E-state index contributed by atoms with van der Waals surface area (Å²) in [5.74, 6) is -0.898. The van der Waals surface area contributed by atoms with Gasteiger partial charge in [0.2, 0.25) is 0 Å². The van der Waals surface area contributed by atoms with Crippen molar-refractivity contribution in [1.82, 2.24) is 10.3 Å². The first kappa shape index (κ1) is 12.3. The zero-order chi connectivity index (χ0) is 12.8. The number of nitrogens with zero attached hydrogens (tertiary/aromatic N) is 1. The number of carboxylic acid groups (broad SMARTS) is 1. The molecule has 4 nitrogen and oxygen atoms in total. The van der Waals surface area contributed by atoms with E-state index in [4.69, 9.17) is 5.11 Å². The van der Waals surface area contributed by atoms with E-state index < -0.39 is 5.97 Å². The van der Waals surface area contributed by atoms with Crippen LogP contribution in [0.1, 0.15) is 21.5 Å². The normalized spacial score (nSPS) is 10.2. The highest BCUT2D eigenvalue weighted by Crippen LogP contribution is 2.04. The summed E-state index contributed by atoms with van der Waals surface area (Å²) in [5, 5.41) is 12.1. The molecule has 0 aliphatic carbocycles. The number of rotatable bonds is 5. The van der Waals surface area contributed by atoms with Gasteiger partial charge in [-0.25, -0.2) is 4.79 Å². The summed E-state index contributed by atoms with van der Waals surface area (Å²) in [7, 11) is 0. The third-order valence-corrected chi connectivity index (χ3v) is 2.58. The largest absolute Gasteiger partial charge is 0.478 e. The van der Waals surface area contributed by atoms with Crippen LogP contribution in [-0.4, -0.2) is 16.1 Å². The standard InChI is InChI=1S/C14H14N2O2/c17-14(18)13-5-3-11(4-6-13)8-16-10-12-2-1-7-15-9-12/h1-7,9,16H,8,10H2,(H,17,18). The van der Waals surface area contributed by atoms with E-state index in [0.717, 1.165) is 17.7 Å². The molecule has 0 unspecified atom stereocenters. The van der Waals surface area contributed by atoms with Crippen LogP contribution in [0.15, 0.2) is 48.8 Å². The maximum absolute atomic E-state index is 10.7. The molecule has 2 rings (SSSR count). The lowest BCUT2D eigenvalue weighted by atomic mass is 10.1. The van der Waals surface area contributed by atoms with E-state index in [1.807, 2.05) is 30.5 Å². The third-order valence-electron chi connectivity index (χ3n) is 2.58. The molecular formula is C14H14N2O2. The Morgan fingerprint density at radius 3 is 2.44 bits per heavy atom. The lowest BCUT2D eigenvalue weighted by molar-refractivity contribution is 0.0697. The summed E-state index contributed by atoms with van der Waals surface area (Å²) in [6.45, 7) is 1.45. The molecule has 2 aromatic rings. The first-order valence-corrected chi connectivity index (χ1v) is 5.67. The zero-order valence-corrected chi connectivity index (χ0v) is 9.84. The minimum atomic E-state index is -0.898. The monoisotopic (exact) mass is 242 g/mol. The van der Waals surface area contributed by atoms with Gasteiger partial charge in [0.05, 0.1) is 5.56 Å². The Labute approximate surface area is 105 Å². The number of hydrogen-bond acceptors (Lipinski definition) is 3. The lowest BCUT2D eigenvalue weighted by Gasteiger charge is -2.05. The van der Waals surface area contributed by atoms with Crippen molar-refractivity contribution in [2.24, 2.45) is 0 Å². The van der Waals surface area contributed by atoms with E-state index in [0.29, 0.717) is 12.1 Å². The van der Waals surface area contributed by atoms with Gasteiger partial charge >= 0.3 is 5.97 Å². The highest BCUT2D eigenvalue weighted by Gasteiger charge is 2.01. The molecule has 1 aromatic carbocycles. The van der Waals surface area contributed by atoms with Gasteiger partial charge in [-0.1, -0.05) is 18.2 Å². The van der Waals surface area contributed by atoms with Crippen molar-refractivity contribution in [2.45, 2.75) is 13.1 Å². The number of nitrogens with one attached hydrogen (secondary N) is 1. The summed E-state index contributed by atoms with van der Waals surface area (Å²) in [6, 6.07) is 10.8. The SMILES string of the molecule is O=C(O)c1ccc(CNCc2cccnc2)cc1. The first-order chi connectivity index (χ1) is 8.75. The second-order valence-corrected chi connectivity index (χ2v) is 3.97. The number of aromatic nitrogens is 1. The van der Waals surface area contributed by atoms with Gasteiger partial charge in [0, 0.05) is 25.5 Å². The van der Waals surface area contributed by atoms with Crippen molar-refractivity contribution in [3.63, 3.8) is 0 Å². The van der Waals surface area contributed by atoms with Gasteiger partial charge < -0.3 is 10.4 Å². The van der Waals surface area contributed by atoms with Gasteiger partial charge in [0.15, 0.2) is 0 Å². The van der Waals surface area contributed by atoms with Crippen molar-refractivity contribution < 1.29 is 9.90 Å². The molecule has 0 fully saturated rings. The van der Waals surface area contributed by atoms with Crippen LogP contribution in [0, 0.1) is 0 Å². The Balaban J connectivity index is 1.85. The Hall–Kier alpha value is -2.20. The topological polar surface area (TPSA) is 62.2 Å². The summed E-state index contributed by atoms with van der Waals surface area (Å²) >= 11 is 0. The van der Waals surface area contributed by atoms with Crippen LogP contribution < -0.4 is 5.32 Å². The van der Waals surface area contributed by atoms with E-state index in [1.165, 1.54) is 0 Å². The molecule has 2 N–H and O–H groups in total. The van der Waals surface area contributed by atoms with Gasteiger partial charge in [0.1, 0.15) is 0 Å². The first-order valence-electron chi connectivity index (χ1n) is 5.67. The van der Waals surface area contributed by atoms with Crippen molar-refractivity contribution in [1.29, 1.82) is 0 Å². The van der Waals surface area contributed by atoms with Crippen LogP contribution in [0.2, 0.25) is 0 Å². The van der Waals surface area contributed by atoms with Crippen molar-refractivity contribution in [3.8, 4) is 0 Å². The Bertz CT molecular complexity index is 509. The maximum atomic E-state index is 10.7. The summed E-state index contributed by atoms with van der Waals surface area (Å²) in [6.07, 6.45) is 3.56. The summed E-state index contributed by atoms with van der Waals surface area (Å²) in [4.78, 5) is 14.7. The summed E-state index contributed by atoms with van der Waals surface area (Å²) in [5.41, 5.74) is 2.49. The van der Waals surface area contributed by atoms with Crippen LogP contribution in [0.3, 0.4) is 0 Å². The quantitative estimate of drug-likeness (QED) is 0.842. The fourth-order valence-corrected chi connectivity index (χ4v) is 1.62. The molecule has 0 radical (unpaired) electrons. The fraction of sp³-hybridized carbons (Fsp3) is 0.143. The molecule has 0 amide bonds. The van der Waals surface area contributed by atoms with Crippen LogP contribution in [0.4, 0.5) is 0 Å². The van der Waals surface area contributed by atoms with Gasteiger partial charge in [-0.05, 0) is 29.3 Å². The minimum Gasteiger partial charge on any atom is -0.478 e. The fourth-order valence-electron chi connectivity index (χ4n) is 1.62. The van der Waals surface area contributed by atoms with Crippen LogP contribution in [0.5, 0.6) is 0 Å². The van der Waals surface area contributed by atoms with Gasteiger partial charge in [-0.15, -0.1) is 0 Å². The Morgan fingerprint density at radius 1 is 1.11 bits per heavy atom. The molecule has 0 atom stereocenters. The van der Waals surface area contributed by atoms with Gasteiger partial charge in [-0.2, -0.15) is 0 Å². The molecule has 0 aliphatic rings. The predicted octanol–water partition coefficient (Wildman–Crippen LogP) is 2.07. The average molecular weight is 242 g/mol. The number of carbonyl (C=O) groups is 1. The summed E-state index contributed by atoms with van der Waals surface area (Å²) < 4.78 is 0. The predicted molar refractivity (Wildman–Crippen MR) is 68.2 cm³/mol. The highest BCUT2D eigenvalue weighted by atomic mass is 16.4. The average Bonchev–Trinajstić information content (AvgIpc) is 2.40. The Kier molecular flexibility index (Phi) is 4.04. The van der Waals surface area contributed by atoms with Crippen molar-refractivity contribution in [3.05, 3.63) is 65.5 Å². The molecule has 92 valence electrons. The number of benzene rings is 1. The van der Waals surface area contributed by atoms with Crippen molar-refractivity contribution >= 4 is 5.97 Å². The van der Waals surface area contributed by atoms with Gasteiger partial charge in [0.25, 0.3) is 0 Å². The third kappa shape index (κ3) is 3.40. The van der Waals surface area contributed by atoms with Gasteiger partial charge in [-0.3, -0.25) is 4.98 Å². The van der Waals surface area contributed by atoms with E-state index in [2.05, 4.69) is 10.3 Å². The molecule has 0 aliphatic heterocycles. The smallest absolute Gasteiger partial charge is 0.335 e. The molecular weight excluding hydrogens is 228 g/mol. The minimum absolute atomic E-state index is 0.311. The Morgan fingerprint density at radius 2 is 1.83 bits per heavy atom. The number of hydrogen-bond donors (Lipinski definition) is 2. The van der Waals surface area contributed by atoms with Crippen LogP contribution in [-0.2, 0) is 13.1 Å². The van der Waals surface area contributed by atoms with E-state index in [-0.39, 0.29) is 0 Å². The molecule has 1 aromatic heterocycles. The molecule has 4 heteroatoms.